The summed E-state index contributed by atoms with van der Waals surface area (Å²) in [7, 11) is 1.55. The van der Waals surface area contributed by atoms with Gasteiger partial charge in [-0.25, -0.2) is 9.48 Å². The predicted molar refractivity (Wildman–Crippen MR) is 119 cm³/mol. The van der Waals surface area contributed by atoms with Crippen LogP contribution in [0.5, 0.6) is 5.88 Å². The van der Waals surface area contributed by atoms with Crippen molar-refractivity contribution in [3.8, 4) is 5.88 Å². The minimum absolute atomic E-state index is 0.0410. The monoisotopic (exact) mass is 482 g/mol. The Labute approximate surface area is 192 Å². The molecule has 9 heteroatoms. The van der Waals surface area contributed by atoms with Gasteiger partial charge in [0.1, 0.15) is 10.1 Å². The summed E-state index contributed by atoms with van der Waals surface area (Å²) in [5.41, 5.74) is 1.08. The van der Waals surface area contributed by atoms with Crippen LogP contribution in [-0.2, 0) is 11.8 Å². The summed E-state index contributed by atoms with van der Waals surface area (Å²) in [6.45, 7) is 1.62. The number of halogens is 4. The summed E-state index contributed by atoms with van der Waals surface area (Å²) < 4.78 is 6.55. The van der Waals surface area contributed by atoms with Gasteiger partial charge in [0.25, 0.3) is 0 Å². The molecular weight excluding hydrogens is 470 g/mol. The molecule has 1 aromatic heterocycles. The second kappa shape index (κ2) is 9.23. The fraction of sp³-hybridized carbons (Fsp3) is 0.0952. The number of hydrogen-bond acceptors (Lipinski definition) is 4. The van der Waals surface area contributed by atoms with Gasteiger partial charge in [-0.05, 0) is 30.7 Å². The van der Waals surface area contributed by atoms with E-state index >= 15 is 0 Å². The van der Waals surface area contributed by atoms with Crippen molar-refractivity contribution >= 4 is 63.7 Å². The first-order valence-corrected chi connectivity index (χ1v) is 10.1. The van der Waals surface area contributed by atoms with E-state index in [1.807, 2.05) is 0 Å². The van der Waals surface area contributed by atoms with Gasteiger partial charge in [-0.1, -0.05) is 76.7 Å². The topological polar surface area (TPSA) is 61.2 Å². The van der Waals surface area contributed by atoms with Gasteiger partial charge in [0.15, 0.2) is 0 Å². The maximum absolute atomic E-state index is 13.2. The number of carbonyl (C=O) groups is 2. The predicted octanol–water partition coefficient (Wildman–Crippen LogP) is 6.02. The first-order valence-electron chi connectivity index (χ1n) is 8.57. The van der Waals surface area contributed by atoms with Crippen molar-refractivity contribution in [3.05, 3.63) is 85.5 Å². The number of nitrogens with zero attached hydrogens (tertiary/aromatic N) is 2. The summed E-state index contributed by atoms with van der Waals surface area (Å²) in [5.74, 6) is -1.36. The van der Waals surface area contributed by atoms with Crippen LogP contribution in [0.25, 0.3) is 5.57 Å². The molecule has 0 saturated carbocycles. The fourth-order valence-corrected chi connectivity index (χ4v) is 3.74. The summed E-state index contributed by atoms with van der Waals surface area (Å²) >= 11 is 24.0. The van der Waals surface area contributed by atoms with E-state index in [0.29, 0.717) is 16.3 Å². The molecule has 3 aromatic rings. The largest absolute Gasteiger partial charge is 0.403 e. The molecule has 3 rings (SSSR count). The Morgan fingerprint density at radius 3 is 2.30 bits per heavy atom. The van der Waals surface area contributed by atoms with Crippen LogP contribution >= 0.6 is 46.4 Å². The van der Waals surface area contributed by atoms with Crippen LogP contribution in [0.15, 0.2) is 53.0 Å². The Hall–Kier alpha value is -2.31. The zero-order valence-electron chi connectivity index (χ0n) is 15.7. The molecule has 30 heavy (non-hydrogen) atoms. The number of ether oxygens (including phenoxy) is 1. The Kier molecular flexibility index (Phi) is 6.88. The smallest absolute Gasteiger partial charge is 0.347 e. The molecule has 0 fully saturated rings. The van der Waals surface area contributed by atoms with Gasteiger partial charge in [-0.2, -0.15) is 5.10 Å². The van der Waals surface area contributed by atoms with Crippen LogP contribution in [0.1, 0.15) is 27.2 Å². The molecule has 0 aliphatic rings. The zero-order valence-corrected chi connectivity index (χ0v) is 18.8. The third-order valence-electron chi connectivity index (χ3n) is 4.22. The lowest BCUT2D eigenvalue weighted by molar-refractivity contribution is -0.128. The van der Waals surface area contributed by atoms with E-state index in [1.165, 1.54) is 16.8 Å². The van der Waals surface area contributed by atoms with Gasteiger partial charge >= 0.3 is 5.97 Å². The third kappa shape index (κ3) is 4.55. The van der Waals surface area contributed by atoms with Gasteiger partial charge in [0.05, 0.1) is 16.3 Å². The Morgan fingerprint density at radius 2 is 1.70 bits per heavy atom. The lowest BCUT2D eigenvalue weighted by Gasteiger charge is -2.11. The Balaban J connectivity index is 2.03. The van der Waals surface area contributed by atoms with Crippen LogP contribution in [0, 0.1) is 6.92 Å². The average Bonchev–Trinajstić information content (AvgIpc) is 2.95. The molecule has 0 atom stereocenters. The van der Waals surface area contributed by atoms with Crippen molar-refractivity contribution in [1.82, 2.24) is 9.78 Å². The summed E-state index contributed by atoms with van der Waals surface area (Å²) in [6, 6.07) is 13.1. The zero-order chi connectivity index (χ0) is 22.0. The summed E-state index contributed by atoms with van der Waals surface area (Å²) in [6.07, 6.45) is 0. The van der Waals surface area contributed by atoms with E-state index in [0.717, 1.165) is 0 Å². The van der Waals surface area contributed by atoms with Gasteiger partial charge < -0.3 is 4.74 Å². The van der Waals surface area contributed by atoms with Crippen molar-refractivity contribution < 1.29 is 14.3 Å². The molecule has 0 bridgehead atoms. The molecule has 0 aliphatic carbocycles. The highest BCUT2D eigenvalue weighted by Gasteiger charge is 2.28. The molecule has 0 N–H and O–H groups in total. The molecule has 0 saturated heterocycles. The van der Waals surface area contributed by atoms with E-state index in [9.17, 15) is 9.59 Å². The van der Waals surface area contributed by atoms with Crippen molar-refractivity contribution in [3.63, 3.8) is 0 Å². The van der Waals surface area contributed by atoms with Crippen molar-refractivity contribution in [2.24, 2.45) is 7.05 Å². The standard InChI is InChI=1S/C21H14Cl4N2O3/c1-11-16(18(28)14-9-8-13(22)10-15(14)23)20(27(2)26-11)30-21(29)17(19(24)25)12-6-4-3-5-7-12/h3-10H,1-2H3. The molecule has 0 spiro atoms. The van der Waals surface area contributed by atoms with Crippen LogP contribution < -0.4 is 4.74 Å². The summed E-state index contributed by atoms with van der Waals surface area (Å²) in [5, 5.41) is 4.76. The number of ketones is 1. The third-order valence-corrected chi connectivity index (χ3v) is 5.14. The van der Waals surface area contributed by atoms with Crippen LogP contribution in [0.2, 0.25) is 10.0 Å². The minimum Gasteiger partial charge on any atom is -0.403 e. The highest BCUT2D eigenvalue weighted by molar-refractivity contribution is 6.61. The van der Waals surface area contributed by atoms with E-state index in [4.69, 9.17) is 51.1 Å². The van der Waals surface area contributed by atoms with Crippen molar-refractivity contribution in [1.29, 1.82) is 0 Å². The number of carbonyl (C=O) groups excluding carboxylic acids is 2. The number of hydrogen-bond donors (Lipinski definition) is 0. The second-order valence-electron chi connectivity index (χ2n) is 6.23. The van der Waals surface area contributed by atoms with Gasteiger partial charge in [0.2, 0.25) is 11.7 Å². The van der Waals surface area contributed by atoms with E-state index in [-0.39, 0.29) is 32.1 Å². The molecular formula is C21H14Cl4N2O3. The van der Waals surface area contributed by atoms with Crippen LogP contribution in [0.3, 0.4) is 0 Å². The molecule has 0 radical (unpaired) electrons. The molecule has 0 unspecified atom stereocenters. The minimum atomic E-state index is -0.833. The quantitative estimate of drug-likeness (QED) is 0.253. The summed E-state index contributed by atoms with van der Waals surface area (Å²) in [4.78, 5) is 26.0. The first-order chi connectivity index (χ1) is 14.2. The Morgan fingerprint density at radius 1 is 1.03 bits per heavy atom. The molecule has 1 heterocycles. The number of rotatable bonds is 5. The van der Waals surface area contributed by atoms with Gasteiger partial charge in [-0.15, -0.1) is 0 Å². The SMILES string of the molecule is Cc1nn(C)c(OC(=O)C(=C(Cl)Cl)c2ccccc2)c1C(=O)c1ccc(Cl)cc1Cl. The lowest BCUT2D eigenvalue weighted by atomic mass is 10.0. The highest BCUT2D eigenvalue weighted by Crippen LogP contribution is 2.31. The van der Waals surface area contributed by atoms with Crippen LogP contribution in [0.4, 0.5) is 0 Å². The van der Waals surface area contributed by atoms with Gasteiger partial charge in [-0.3, -0.25) is 4.79 Å². The van der Waals surface area contributed by atoms with Crippen LogP contribution in [-0.4, -0.2) is 21.5 Å². The lowest BCUT2D eigenvalue weighted by Crippen LogP contribution is -2.15. The second-order valence-corrected chi connectivity index (χ2v) is 8.03. The van der Waals surface area contributed by atoms with Gasteiger partial charge in [0, 0.05) is 17.6 Å². The van der Waals surface area contributed by atoms with E-state index in [1.54, 1.807) is 50.4 Å². The number of aryl methyl sites for hydroxylation is 2. The van der Waals surface area contributed by atoms with E-state index < -0.39 is 11.8 Å². The average molecular weight is 484 g/mol. The highest BCUT2D eigenvalue weighted by atomic mass is 35.5. The first kappa shape index (κ1) is 22.4. The number of aromatic nitrogens is 2. The van der Waals surface area contributed by atoms with Crippen molar-refractivity contribution in [2.75, 3.05) is 0 Å². The van der Waals surface area contributed by atoms with Crippen molar-refractivity contribution in [2.45, 2.75) is 6.92 Å². The fourth-order valence-electron chi connectivity index (χ4n) is 2.87. The maximum Gasteiger partial charge on any atom is 0.347 e. The molecule has 154 valence electrons. The normalized spacial score (nSPS) is 10.6. The maximum atomic E-state index is 13.2. The number of esters is 1. The molecule has 0 aliphatic heterocycles. The molecule has 0 amide bonds. The van der Waals surface area contributed by atoms with E-state index in [2.05, 4.69) is 5.10 Å². The number of benzene rings is 2. The Bertz CT molecular complexity index is 1170. The molecule has 2 aromatic carbocycles. The molecule has 5 nitrogen and oxygen atoms in total.